The van der Waals surface area contributed by atoms with E-state index in [1.54, 1.807) is 0 Å². The van der Waals surface area contributed by atoms with Crippen molar-refractivity contribution in [2.45, 2.75) is 13.8 Å². The average Bonchev–Trinajstić information content (AvgIpc) is 1.93. The van der Waals surface area contributed by atoms with Crippen LogP contribution < -0.4 is 5.32 Å². The molecule has 0 spiro atoms. The molecule has 0 heterocycles. The van der Waals surface area contributed by atoms with Gasteiger partial charge < -0.3 is 5.32 Å². The van der Waals surface area contributed by atoms with Crippen LogP contribution in [-0.4, -0.2) is 13.0 Å². The van der Waals surface area contributed by atoms with E-state index in [9.17, 15) is 9.18 Å². The summed E-state index contributed by atoms with van der Waals surface area (Å²) in [6.07, 6.45) is 0.999. The number of amides is 1. The van der Waals surface area contributed by atoms with Gasteiger partial charge in [0.1, 0.15) is 0 Å². The Morgan fingerprint density at radius 3 is 2.11 bits per heavy atom. The molecule has 9 heavy (non-hydrogen) atoms. The Labute approximate surface area is 54.8 Å². The quantitative estimate of drug-likeness (QED) is 0.536. The molecule has 1 N–H and O–H groups in total. The van der Waals surface area contributed by atoms with E-state index >= 15 is 0 Å². The van der Waals surface area contributed by atoms with Crippen LogP contribution in [0.2, 0.25) is 0 Å². The monoisotopic (exact) mass is 133 g/mol. The number of carbonyl (C=O) groups is 1. The molecular formula is C6H12FNO. The molecule has 0 aliphatic heterocycles. The van der Waals surface area contributed by atoms with Gasteiger partial charge in [-0.2, -0.15) is 0 Å². The Bertz CT molecular complexity index is 91.1. The van der Waals surface area contributed by atoms with Crippen molar-refractivity contribution in [3.63, 3.8) is 0 Å². The zero-order chi connectivity index (χ0) is 7.70. The van der Waals surface area contributed by atoms with Crippen LogP contribution in [-0.2, 0) is 4.79 Å². The Morgan fingerprint density at radius 1 is 1.56 bits per heavy atom. The van der Waals surface area contributed by atoms with E-state index in [0.717, 1.165) is 6.08 Å². The summed E-state index contributed by atoms with van der Waals surface area (Å²) < 4.78 is 11.0. The van der Waals surface area contributed by atoms with Crippen LogP contribution in [0.5, 0.6) is 0 Å². The van der Waals surface area contributed by atoms with Gasteiger partial charge in [-0.3, -0.25) is 4.79 Å². The normalized spacial score (nSPS) is 8.00. The Balaban J connectivity index is 0. The topological polar surface area (TPSA) is 29.1 Å². The molecule has 0 aromatic heterocycles. The Hall–Kier alpha value is -0.860. The highest BCUT2D eigenvalue weighted by Gasteiger charge is 1.82. The second kappa shape index (κ2) is 10.2. The number of halogens is 1. The minimum absolute atomic E-state index is 0.193. The van der Waals surface area contributed by atoms with Crippen molar-refractivity contribution < 1.29 is 9.18 Å². The summed E-state index contributed by atoms with van der Waals surface area (Å²) >= 11 is 0. The van der Waals surface area contributed by atoms with E-state index in [0.29, 0.717) is 0 Å². The smallest absolute Gasteiger partial charge is 0.246 e. The number of hydrogen-bond acceptors (Lipinski definition) is 1. The zero-order valence-corrected chi connectivity index (χ0v) is 5.94. The maximum absolute atomic E-state index is 11.0. The lowest BCUT2D eigenvalue weighted by Gasteiger charge is -1.83. The first kappa shape index (κ1) is 11.0. The van der Waals surface area contributed by atoms with Gasteiger partial charge in [-0.1, -0.05) is 13.8 Å². The SMILES string of the molecule is CC.CNC(=O)/C=C/F. The molecule has 0 radical (unpaired) electrons. The maximum atomic E-state index is 11.0. The number of nitrogens with one attached hydrogen (secondary N) is 1. The molecule has 0 aliphatic carbocycles. The highest BCUT2D eigenvalue weighted by molar-refractivity contribution is 5.86. The molecule has 0 unspecified atom stereocenters. The van der Waals surface area contributed by atoms with Crippen molar-refractivity contribution in [2.75, 3.05) is 7.05 Å². The Morgan fingerprint density at radius 2 is 2.00 bits per heavy atom. The van der Waals surface area contributed by atoms with Crippen LogP contribution in [0.3, 0.4) is 0 Å². The summed E-state index contributed by atoms with van der Waals surface area (Å²) in [5, 5.41) is 2.20. The van der Waals surface area contributed by atoms with Crippen LogP contribution in [0.15, 0.2) is 12.4 Å². The summed E-state index contributed by atoms with van der Waals surface area (Å²) in [6, 6.07) is 0. The first-order valence-corrected chi connectivity index (χ1v) is 2.79. The maximum Gasteiger partial charge on any atom is 0.246 e. The summed E-state index contributed by atoms with van der Waals surface area (Å²) in [5.41, 5.74) is 0. The standard InChI is InChI=1S/C4H6FNO.C2H6/c1-6-4(7)2-3-5;1-2/h2-3H,1H3,(H,6,7);1-2H3/b3-2+;. The lowest BCUT2D eigenvalue weighted by molar-refractivity contribution is -0.116. The second-order valence-electron chi connectivity index (χ2n) is 0.907. The molecule has 0 saturated heterocycles. The highest BCUT2D eigenvalue weighted by Crippen LogP contribution is 1.69. The summed E-state index contributed by atoms with van der Waals surface area (Å²) in [6.45, 7) is 4.00. The van der Waals surface area contributed by atoms with E-state index in [4.69, 9.17) is 0 Å². The molecule has 0 rings (SSSR count). The predicted octanol–water partition coefficient (Wildman–Crippen LogP) is 1.24. The summed E-state index contributed by atoms with van der Waals surface area (Å²) in [5.74, 6) is -0.428. The van der Waals surface area contributed by atoms with Crippen molar-refractivity contribution >= 4 is 5.91 Å². The molecule has 0 fully saturated rings. The van der Waals surface area contributed by atoms with Crippen LogP contribution >= 0.6 is 0 Å². The van der Waals surface area contributed by atoms with Crippen molar-refractivity contribution in [3.8, 4) is 0 Å². The first-order chi connectivity index (χ1) is 4.31. The van der Waals surface area contributed by atoms with Gasteiger partial charge in [0, 0.05) is 13.1 Å². The molecule has 0 aromatic carbocycles. The van der Waals surface area contributed by atoms with Crippen LogP contribution in [0.4, 0.5) is 4.39 Å². The van der Waals surface area contributed by atoms with E-state index in [1.165, 1.54) is 7.05 Å². The van der Waals surface area contributed by atoms with Crippen molar-refractivity contribution in [3.05, 3.63) is 12.4 Å². The van der Waals surface area contributed by atoms with Crippen LogP contribution in [0.1, 0.15) is 13.8 Å². The van der Waals surface area contributed by atoms with Gasteiger partial charge in [0.2, 0.25) is 5.91 Å². The molecule has 0 bridgehead atoms. The molecule has 1 amide bonds. The number of likely N-dealkylation sites (N-methyl/N-ethyl adjacent to an activating group) is 1. The van der Waals surface area contributed by atoms with Crippen molar-refractivity contribution in [2.24, 2.45) is 0 Å². The number of carbonyl (C=O) groups excluding carboxylic acids is 1. The minimum Gasteiger partial charge on any atom is -0.356 e. The van der Waals surface area contributed by atoms with E-state index < -0.39 is 5.91 Å². The minimum atomic E-state index is -0.428. The third kappa shape index (κ3) is 11.0. The fraction of sp³-hybridized carbons (Fsp3) is 0.500. The van der Waals surface area contributed by atoms with Gasteiger partial charge in [-0.05, 0) is 0 Å². The van der Waals surface area contributed by atoms with Gasteiger partial charge in [0.15, 0.2) is 0 Å². The second-order valence-corrected chi connectivity index (χ2v) is 0.907. The fourth-order valence-electron chi connectivity index (χ4n) is 0.141. The molecule has 2 nitrogen and oxygen atoms in total. The third-order valence-electron chi connectivity index (χ3n) is 0.461. The van der Waals surface area contributed by atoms with E-state index in [1.807, 2.05) is 13.8 Å². The summed E-state index contributed by atoms with van der Waals surface area (Å²) in [4.78, 5) is 9.97. The van der Waals surface area contributed by atoms with Gasteiger partial charge in [0.05, 0.1) is 6.33 Å². The molecule has 54 valence electrons. The highest BCUT2D eigenvalue weighted by atomic mass is 19.1. The molecule has 0 aromatic rings. The molecule has 0 atom stereocenters. The first-order valence-electron chi connectivity index (χ1n) is 2.79. The molecular weight excluding hydrogens is 121 g/mol. The van der Waals surface area contributed by atoms with Gasteiger partial charge >= 0.3 is 0 Å². The van der Waals surface area contributed by atoms with Crippen molar-refractivity contribution in [1.29, 1.82) is 0 Å². The van der Waals surface area contributed by atoms with Crippen LogP contribution in [0.25, 0.3) is 0 Å². The number of hydrogen-bond donors (Lipinski definition) is 1. The van der Waals surface area contributed by atoms with E-state index in [-0.39, 0.29) is 6.33 Å². The molecule has 3 heteroatoms. The number of rotatable bonds is 1. The summed E-state index contributed by atoms with van der Waals surface area (Å²) in [7, 11) is 1.43. The van der Waals surface area contributed by atoms with Crippen molar-refractivity contribution in [1.82, 2.24) is 5.32 Å². The lowest BCUT2D eigenvalue weighted by Crippen LogP contribution is -2.13. The zero-order valence-electron chi connectivity index (χ0n) is 5.94. The molecule has 0 aliphatic rings. The third-order valence-corrected chi connectivity index (χ3v) is 0.461. The van der Waals surface area contributed by atoms with Gasteiger partial charge in [0.25, 0.3) is 0 Å². The largest absolute Gasteiger partial charge is 0.356 e. The van der Waals surface area contributed by atoms with Gasteiger partial charge in [-0.25, -0.2) is 4.39 Å². The lowest BCUT2D eigenvalue weighted by atomic mass is 10.6. The van der Waals surface area contributed by atoms with E-state index in [2.05, 4.69) is 5.32 Å². The van der Waals surface area contributed by atoms with Crippen LogP contribution in [0, 0.1) is 0 Å². The van der Waals surface area contributed by atoms with Gasteiger partial charge in [-0.15, -0.1) is 0 Å². The average molecular weight is 133 g/mol. The molecule has 0 saturated carbocycles. The fourth-order valence-corrected chi connectivity index (χ4v) is 0.141. The Kier molecular flexibility index (Phi) is 12.5. The predicted molar refractivity (Wildman–Crippen MR) is 35.7 cm³/mol.